The Morgan fingerprint density at radius 1 is 1.26 bits per heavy atom. The lowest BCUT2D eigenvalue weighted by molar-refractivity contribution is 0.255. The Balaban J connectivity index is 2.83. The fourth-order valence-electron chi connectivity index (χ4n) is 2.80. The highest BCUT2D eigenvalue weighted by Crippen LogP contribution is 2.34. The number of aromatic nitrogens is 2. The number of halogens is 2. The van der Waals surface area contributed by atoms with E-state index in [1.54, 1.807) is 12.1 Å². The van der Waals surface area contributed by atoms with E-state index in [0.717, 1.165) is 30.3 Å². The normalized spacial score (nSPS) is 12.3. The number of nitrogens with one attached hydrogen (secondary N) is 1. The molecule has 0 spiro atoms. The number of fused-ring (bicyclic) bond motifs is 1. The van der Waals surface area contributed by atoms with Gasteiger partial charge in [-0.05, 0) is 53.5 Å². The zero-order valence-corrected chi connectivity index (χ0v) is 13.8. The molecule has 0 saturated carbocycles. The highest BCUT2D eigenvalue weighted by Gasteiger charge is 2.28. The van der Waals surface area contributed by atoms with Crippen LogP contribution in [-0.4, -0.2) is 9.55 Å². The van der Waals surface area contributed by atoms with E-state index >= 15 is 0 Å². The quantitative estimate of drug-likeness (QED) is 0.723. The molecule has 0 unspecified atom stereocenters. The highest BCUT2D eigenvalue weighted by atomic mass is 79.9. The summed E-state index contributed by atoms with van der Waals surface area (Å²) in [7, 11) is 0. The minimum Gasteiger partial charge on any atom is -0.331 e. The van der Waals surface area contributed by atoms with Crippen molar-refractivity contribution in [2.24, 2.45) is 0 Å². The molecule has 1 aromatic carbocycles. The van der Waals surface area contributed by atoms with Gasteiger partial charge in [-0.25, -0.2) is 4.39 Å². The molecule has 1 N–H and O–H groups in total. The molecule has 0 aliphatic carbocycles. The lowest BCUT2D eigenvalue weighted by Gasteiger charge is -2.33. The van der Waals surface area contributed by atoms with Crippen molar-refractivity contribution in [1.82, 2.24) is 9.55 Å². The maximum Gasteiger partial charge on any atom is 0.178 e. The van der Waals surface area contributed by atoms with Crippen molar-refractivity contribution in [1.29, 1.82) is 0 Å². The van der Waals surface area contributed by atoms with Gasteiger partial charge in [0.1, 0.15) is 5.82 Å². The second-order valence-electron chi connectivity index (χ2n) is 4.83. The van der Waals surface area contributed by atoms with Crippen molar-refractivity contribution < 1.29 is 4.39 Å². The molecule has 1 aromatic heterocycles. The smallest absolute Gasteiger partial charge is 0.178 e. The van der Waals surface area contributed by atoms with Gasteiger partial charge in [-0.1, -0.05) is 20.8 Å². The fraction of sp³-hybridized carbons (Fsp3) is 0.500. The summed E-state index contributed by atoms with van der Waals surface area (Å²) in [4.78, 5) is 3.18. The van der Waals surface area contributed by atoms with Crippen molar-refractivity contribution in [3.63, 3.8) is 0 Å². The van der Waals surface area contributed by atoms with Crippen molar-refractivity contribution in [3.8, 4) is 0 Å². The Hall–Kier alpha value is -0.680. The van der Waals surface area contributed by atoms with Crippen LogP contribution in [0.4, 0.5) is 4.39 Å². The third-order valence-corrected chi connectivity index (χ3v) is 5.07. The Morgan fingerprint density at radius 3 is 2.37 bits per heavy atom. The first-order valence-electron chi connectivity index (χ1n) is 6.59. The van der Waals surface area contributed by atoms with Crippen LogP contribution in [0.5, 0.6) is 0 Å². The maximum absolute atomic E-state index is 13.8. The molecule has 0 atom stereocenters. The van der Waals surface area contributed by atoms with Gasteiger partial charge in [-0.3, -0.25) is 0 Å². The average molecular weight is 345 g/mol. The second kappa shape index (κ2) is 5.37. The maximum atomic E-state index is 13.8. The molecule has 0 radical (unpaired) electrons. The molecular weight excluding hydrogens is 327 g/mol. The van der Waals surface area contributed by atoms with Gasteiger partial charge in [0.2, 0.25) is 0 Å². The van der Waals surface area contributed by atoms with Crippen LogP contribution in [0.25, 0.3) is 11.0 Å². The van der Waals surface area contributed by atoms with Crippen LogP contribution in [0.1, 0.15) is 40.0 Å². The van der Waals surface area contributed by atoms with E-state index in [4.69, 9.17) is 12.2 Å². The molecular formula is C14H18BrFN2S. The van der Waals surface area contributed by atoms with Crippen LogP contribution in [0.3, 0.4) is 0 Å². The molecule has 0 bridgehead atoms. The van der Waals surface area contributed by atoms with E-state index in [1.165, 1.54) is 0 Å². The topological polar surface area (TPSA) is 20.7 Å². The Morgan fingerprint density at radius 2 is 1.84 bits per heavy atom. The zero-order chi connectivity index (χ0) is 14.2. The zero-order valence-electron chi connectivity index (χ0n) is 11.4. The third kappa shape index (κ3) is 2.27. The van der Waals surface area contributed by atoms with Crippen LogP contribution >= 0.6 is 28.1 Å². The molecule has 1 heterocycles. The van der Waals surface area contributed by atoms with Crippen LogP contribution < -0.4 is 0 Å². The molecule has 2 nitrogen and oxygen atoms in total. The molecule has 0 aliphatic rings. The van der Waals surface area contributed by atoms with Gasteiger partial charge in [-0.2, -0.15) is 0 Å². The first-order valence-corrected chi connectivity index (χ1v) is 7.79. The molecule has 19 heavy (non-hydrogen) atoms. The third-order valence-electron chi connectivity index (χ3n) is 4.17. The summed E-state index contributed by atoms with van der Waals surface area (Å²) in [6.45, 7) is 6.47. The van der Waals surface area contributed by atoms with Gasteiger partial charge in [0.15, 0.2) is 4.77 Å². The number of imidazole rings is 1. The van der Waals surface area contributed by atoms with E-state index in [0.29, 0.717) is 9.24 Å². The van der Waals surface area contributed by atoms with Crippen molar-refractivity contribution in [2.75, 3.05) is 0 Å². The number of nitrogens with zero attached hydrogens (tertiary/aromatic N) is 1. The number of hydrogen-bond acceptors (Lipinski definition) is 1. The van der Waals surface area contributed by atoms with E-state index in [1.807, 2.05) is 0 Å². The predicted octanol–water partition coefficient (Wildman–Crippen LogP) is 5.53. The van der Waals surface area contributed by atoms with Crippen molar-refractivity contribution >= 4 is 39.2 Å². The van der Waals surface area contributed by atoms with Gasteiger partial charge >= 0.3 is 0 Å². The molecule has 104 valence electrons. The Bertz CT molecular complexity index is 647. The van der Waals surface area contributed by atoms with Crippen LogP contribution in [0.15, 0.2) is 16.6 Å². The molecule has 5 heteroatoms. The summed E-state index contributed by atoms with van der Waals surface area (Å²) < 4.78 is 17.0. The van der Waals surface area contributed by atoms with Crippen LogP contribution in [-0.2, 0) is 5.54 Å². The summed E-state index contributed by atoms with van der Waals surface area (Å²) in [6, 6.07) is 3.31. The van der Waals surface area contributed by atoms with Gasteiger partial charge in [0, 0.05) is 11.6 Å². The lowest BCUT2D eigenvalue weighted by Crippen LogP contribution is -2.31. The lowest BCUT2D eigenvalue weighted by atomic mass is 9.89. The SMILES string of the molecule is CCC(CC)(CC)n1c(=S)[nH]c2cc(Br)c(F)cc21. The second-order valence-corrected chi connectivity index (χ2v) is 6.08. The minimum absolute atomic E-state index is 0.0460. The standard InChI is InChI=1S/C14H18BrFN2S/c1-4-14(5-2,6-3)18-12-8-10(16)9(15)7-11(12)17-13(18)19/h7-8H,4-6H2,1-3H3,(H,17,19). The Labute approximate surface area is 126 Å². The van der Waals surface area contributed by atoms with E-state index in [2.05, 4.69) is 46.3 Å². The summed E-state index contributed by atoms with van der Waals surface area (Å²) in [5, 5.41) is 0. The fourth-order valence-corrected chi connectivity index (χ4v) is 3.54. The molecule has 2 aromatic rings. The van der Waals surface area contributed by atoms with Crippen molar-refractivity contribution in [3.05, 3.63) is 27.2 Å². The monoisotopic (exact) mass is 344 g/mol. The number of rotatable bonds is 4. The van der Waals surface area contributed by atoms with Crippen molar-refractivity contribution in [2.45, 2.75) is 45.6 Å². The highest BCUT2D eigenvalue weighted by molar-refractivity contribution is 9.10. The van der Waals surface area contributed by atoms with Gasteiger partial charge in [0.05, 0.1) is 15.5 Å². The first-order chi connectivity index (χ1) is 8.99. The van der Waals surface area contributed by atoms with Crippen LogP contribution in [0, 0.1) is 10.6 Å². The molecule has 0 fully saturated rings. The van der Waals surface area contributed by atoms with Gasteiger partial charge in [-0.15, -0.1) is 0 Å². The molecule has 0 amide bonds. The van der Waals surface area contributed by atoms with E-state index in [-0.39, 0.29) is 11.4 Å². The first kappa shape index (κ1) is 14.7. The summed E-state index contributed by atoms with van der Waals surface area (Å²) in [5.41, 5.74) is 1.67. The average Bonchev–Trinajstić information content (AvgIpc) is 2.70. The van der Waals surface area contributed by atoms with E-state index < -0.39 is 0 Å². The van der Waals surface area contributed by atoms with Gasteiger partial charge < -0.3 is 9.55 Å². The summed E-state index contributed by atoms with van der Waals surface area (Å²) in [5.74, 6) is -0.257. The molecule has 0 aliphatic heterocycles. The molecule has 0 saturated heterocycles. The van der Waals surface area contributed by atoms with Crippen LogP contribution in [0.2, 0.25) is 0 Å². The number of hydrogen-bond donors (Lipinski definition) is 1. The van der Waals surface area contributed by atoms with Gasteiger partial charge in [0.25, 0.3) is 0 Å². The minimum atomic E-state index is -0.257. The number of benzene rings is 1. The molecule has 2 rings (SSSR count). The largest absolute Gasteiger partial charge is 0.331 e. The summed E-state index contributed by atoms with van der Waals surface area (Å²) in [6.07, 6.45) is 2.91. The van der Waals surface area contributed by atoms with E-state index in [9.17, 15) is 4.39 Å². The Kier molecular flexibility index (Phi) is 4.16. The summed E-state index contributed by atoms with van der Waals surface area (Å²) >= 11 is 8.67. The number of aromatic amines is 1. The predicted molar refractivity (Wildman–Crippen MR) is 83.6 cm³/mol. The number of H-pyrrole nitrogens is 1.